The van der Waals surface area contributed by atoms with Gasteiger partial charge in [-0.3, -0.25) is 0 Å². The van der Waals surface area contributed by atoms with Crippen LogP contribution in [0, 0.1) is 0 Å². The van der Waals surface area contributed by atoms with Gasteiger partial charge in [-0.05, 0) is 7.05 Å². The van der Waals surface area contributed by atoms with Gasteiger partial charge in [0.2, 0.25) is 11.9 Å². The molecule has 88 valence electrons. The lowest BCUT2D eigenvalue weighted by Gasteiger charge is -2.32. The minimum Gasteiger partial charge on any atom is -0.368 e. The Kier molecular flexibility index (Phi) is 3.19. The third kappa shape index (κ3) is 2.38. The van der Waals surface area contributed by atoms with Crippen LogP contribution in [0.25, 0.3) is 0 Å². The van der Waals surface area contributed by atoms with Crippen LogP contribution in [0.2, 0.25) is 0 Å². The van der Waals surface area contributed by atoms with Crippen molar-refractivity contribution >= 4 is 11.9 Å². The van der Waals surface area contributed by atoms with Crippen molar-refractivity contribution in [2.45, 2.75) is 13.3 Å². The van der Waals surface area contributed by atoms with E-state index < -0.39 is 0 Å². The molecule has 1 saturated heterocycles. The van der Waals surface area contributed by atoms with Crippen LogP contribution in [-0.4, -0.2) is 53.1 Å². The number of hydrogen-bond acceptors (Lipinski definition) is 6. The Morgan fingerprint density at radius 2 is 1.81 bits per heavy atom. The lowest BCUT2D eigenvalue weighted by molar-refractivity contribution is 0.311. The van der Waals surface area contributed by atoms with Crippen LogP contribution < -0.4 is 10.6 Å². The van der Waals surface area contributed by atoms with Gasteiger partial charge in [0.1, 0.15) is 5.82 Å². The minimum atomic E-state index is 0.320. The van der Waals surface area contributed by atoms with Gasteiger partial charge in [-0.2, -0.15) is 15.0 Å². The molecule has 1 fully saturated rings. The highest BCUT2D eigenvalue weighted by atomic mass is 15.3. The second-order valence-electron chi connectivity index (χ2n) is 4.05. The summed E-state index contributed by atoms with van der Waals surface area (Å²) < 4.78 is 0. The first-order chi connectivity index (χ1) is 7.69. The molecule has 6 heteroatoms. The van der Waals surface area contributed by atoms with Crippen LogP contribution >= 0.6 is 0 Å². The number of piperazine rings is 1. The largest absolute Gasteiger partial charge is 0.368 e. The summed E-state index contributed by atoms with van der Waals surface area (Å²) in [6.45, 7) is 5.98. The van der Waals surface area contributed by atoms with Gasteiger partial charge in [-0.1, -0.05) is 6.92 Å². The predicted molar refractivity (Wildman–Crippen MR) is 63.3 cm³/mol. The van der Waals surface area contributed by atoms with Crippen molar-refractivity contribution in [3.05, 3.63) is 5.82 Å². The first kappa shape index (κ1) is 11.1. The van der Waals surface area contributed by atoms with Gasteiger partial charge in [-0.25, -0.2) is 0 Å². The highest BCUT2D eigenvalue weighted by Crippen LogP contribution is 2.11. The summed E-state index contributed by atoms with van der Waals surface area (Å²) in [5, 5.41) is 0. The van der Waals surface area contributed by atoms with Crippen molar-refractivity contribution in [3.63, 3.8) is 0 Å². The van der Waals surface area contributed by atoms with Crippen LogP contribution in [-0.2, 0) is 6.42 Å². The average Bonchev–Trinajstić information content (AvgIpc) is 2.29. The topological polar surface area (TPSA) is 71.2 Å². The molecule has 2 N–H and O–H groups in total. The van der Waals surface area contributed by atoms with E-state index in [0.717, 1.165) is 44.4 Å². The maximum absolute atomic E-state index is 5.67. The van der Waals surface area contributed by atoms with Gasteiger partial charge in [0.25, 0.3) is 0 Å². The number of aromatic nitrogens is 3. The molecule has 1 aromatic heterocycles. The fraction of sp³-hybridized carbons (Fsp3) is 0.700. The molecule has 2 rings (SSSR count). The molecule has 0 unspecified atom stereocenters. The number of hydrogen-bond donors (Lipinski definition) is 1. The van der Waals surface area contributed by atoms with E-state index in [9.17, 15) is 0 Å². The van der Waals surface area contributed by atoms with E-state index in [1.54, 1.807) is 0 Å². The highest BCUT2D eigenvalue weighted by Gasteiger charge is 2.17. The SMILES string of the molecule is CCc1nc(N)nc(N2CCN(C)CC2)n1. The lowest BCUT2D eigenvalue weighted by Crippen LogP contribution is -2.45. The lowest BCUT2D eigenvalue weighted by atomic mass is 10.3. The van der Waals surface area contributed by atoms with E-state index >= 15 is 0 Å². The second kappa shape index (κ2) is 4.61. The summed E-state index contributed by atoms with van der Waals surface area (Å²) in [6.07, 6.45) is 0.785. The van der Waals surface area contributed by atoms with E-state index in [2.05, 4.69) is 31.8 Å². The van der Waals surface area contributed by atoms with Crippen LogP contribution in [0.4, 0.5) is 11.9 Å². The molecule has 2 heterocycles. The molecule has 0 atom stereocenters. The molecular weight excluding hydrogens is 204 g/mol. The molecule has 0 radical (unpaired) electrons. The number of likely N-dealkylation sites (N-methyl/N-ethyl adjacent to an activating group) is 1. The molecule has 16 heavy (non-hydrogen) atoms. The summed E-state index contributed by atoms with van der Waals surface area (Å²) in [5.41, 5.74) is 5.67. The van der Waals surface area contributed by atoms with Gasteiger partial charge in [0.15, 0.2) is 0 Å². The Morgan fingerprint density at radius 1 is 1.12 bits per heavy atom. The fourth-order valence-electron chi connectivity index (χ4n) is 1.73. The monoisotopic (exact) mass is 222 g/mol. The molecule has 1 aliphatic rings. The number of aryl methyl sites for hydroxylation is 1. The highest BCUT2D eigenvalue weighted by molar-refractivity contribution is 5.35. The van der Waals surface area contributed by atoms with E-state index in [4.69, 9.17) is 5.73 Å². The summed E-state index contributed by atoms with van der Waals surface area (Å²) in [7, 11) is 2.12. The van der Waals surface area contributed by atoms with E-state index in [0.29, 0.717) is 5.95 Å². The molecule has 0 bridgehead atoms. The summed E-state index contributed by atoms with van der Waals surface area (Å²) in [5.74, 6) is 1.81. The molecule has 0 saturated carbocycles. The molecule has 0 spiro atoms. The van der Waals surface area contributed by atoms with Gasteiger partial charge in [0, 0.05) is 32.6 Å². The molecule has 1 aromatic rings. The van der Waals surface area contributed by atoms with Crippen molar-refractivity contribution in [2.75, 3.05) is 43.9 Å². The number of nitrogens with zero attached hydrogens (tertiary/aromatic N) is 5. The van der Waals surface area contributed by atoms with Crippen LogP contribution in [0.1, 0.15) is 12.7 Å². The summed E-state index contributed by atoms with van der Waals surface area (Å²) in [6, 6.07) is 0. The maximum Gasteiger partial charge on any atom is 0.230 e. The Bertz CT molecular complexity index is 358. The normalized spacial score (nSPS) is 17.8. The van der Waals surface area contributed by atoms with E-state index in [1.807, 2.05) is 6.92 Å². The molecule has 0 amide bonds. The third-order valence-electron chi connectivity index (χ3n) is 2.79. The molecule has 0 aliphatic carbocycles. The molecule has 0 aromatic carbocycles. The molecule has 1 aliphatic heterocycles. The van der Waals surface area contributed by atoms with E-state index in [-0.39, 0.29) is 0 Å². The van der Waals surface area contributed by atoms with Crippen molar-refractivity contribution < 1.29 is 0 Å². The quantitative estimate of drug-likeness (QED) is 0.745. The molecular formula is C10H18N6. The maximum atomic E-state index is 5.67. The summed E-state index contributed by atoms with van der Waals surface area (Å²) >= 11 is 0. The van der Waals surface area contributed by atoms with Crippen LogP contribution in [0.5, 0.6) is 0 Å². The third-order valence-corrected chi connectivity index (χ3v) is 2.79. The zero-order chi connectivity index (χ0) is 11.5. The Balaban J connectivity index is 2.16. The second-order valence-corrected chi connectivity index (χ2v) is 4.05. The zero-order valence-electron chi connectivity index (χ0n) is 9.85. The van der Waals surface area contributed by atoms with Gasteiger partial charge in [-0.15, -0.1) is 0 Å². The summed E-state index contributed by atoms with van der Waals surface area (Å²) in [4.78, 5) is 17.1. The van der Waals surface area contributed by atoms with Crippen molar-refractivity contribution in [2.24, 2.45) is 0 Å². The van der Waals surface area contributed by atoms with Gasteiger partial charge in [0.05, 0.1) is 0 Å². The Labute approximate surface area is 95.5 Å². The standard InChI is InChI=1S/C10H18N6/c1-3-8-12-9(11)14-10(13-8)16-6-4-15(2)5-7-16/h3-7H2,1-2H3,(H2,11,12,13,14). The number of nitrogen functional groups attached to an aromatic ring is 1. The Hall–Kier alpha value is -1.43. The van der Waals surface area contributed by atoms with E-state index in [1.165, 1.54) is 0 Å². The minimum absolute atomic E-state index is 0.320. The predicted octanol–water partition coefficient (Wildman–Crippen LogP) is -0.232. The van der Waals surface area contributed by atoms with Crippen molar-refractivity contribution in [1.82, 2.24) is 19.9 Å². The number of rotatable bonds is 2. The van der Waals surface area contributed by atoms with Gasteiger partial charge < -0.3 is 15.5 Å². The molecule has 6 nitrogen and oxygen atoms in total. The van der Waals surface area contributed by atoms with Crippen LogP contribution in [0.3, 0.4) is 0 Å². The average molecular weight is 222 g/mol. The smallest absolute Gasteiger partial charge is 0.230 e. The zero-order valence-corrected chi connectivity index (χ0v) is 9.85. The number of nitrogens with two attached hydrogens (primary N) is 1. The fourth-order valence-corrected chi connectivity index (χ4v) is 1.73. The number of anilines is 2. The van der Waals surface area contributed by atoms with Crippen LogP contribution in [0.15, 0.2) is 0 Å². The van der Waals surface area contributed by atoms with Gasteiger partial charge >= 0.3 is 0 Å². The first-order valence-electron chi connectivity index (χ1n) is 5.63. The Morgan fingerprint density at radius 3 is 2.44 bits per heavy atom. The van der Waals surface area contributed by atoms with Crippen molar-refractivity contribution in [3.8, 4) is 0 Å². The van der Waals surface area contributed by atoms with Crippen molar-refractivity contribution in [1.29, 1.82) is 0 Å². The first-order valence-corrected chi connectivity index (χ1v) is 5.63.